The zero-order valence-electron chi connectivity index (χ0n) is 17.3. The number of benzene rings is 2. The van der Waals surface area contributed by atoms with Crippen LogP contribution < -0.4 is 14.4 Å². The minimum absolute atomic E-state index is 0.135. The fourth-order valence-electron chi connectivity index (χ4n) is 5.46. The Morgan fingerprint density at radius 1 is 1.10 bits per heavy atom. The number of aliphatic hydroxyl groups is 1. The van der Waals surface area contributed by atoms with Crippen LogP contribution in [0.15, 0.2) is 42.5 Å². The lowest BCUT2D eigenvalue weighted by Crippen LogP contribution is -3.13. The highest BCUT2D eigenvalue weighted by Gasteiger charge is 2.52. The van der Waals surface area contributed by atoms with Crippen LogP contribution in [0.1, 0.15) is 49.3 Å². The number of nitrogens with one attached hydrogen (secondary N) is 1. The predicted molar refractivity (Wildman–Crippen MR) is 115 cm³/mol. The van der Waals surface area contributed by atoms with Gasteiger partial charge in [-0.2, -0.15) is 0 Å². The van der Waals surface area contributed by atoms with Gasteiger partial charge in [0.2, 0.25) is 0 Å². The van der Waals surface area contributed by atoms with Crippen LogP contribution >= 0.6 is 11.6 Å². The Morgan fingerprint density at radius 2 is 1.93 bits per heavy atom. The largest absolute Gasteiger partial charge is 0.497 e. The number of halogens is 1. The Hall–Kier alpha value is -1.75. The fraction of sp³-hybridized carbons (Fsp3) is 0.500. The van der Waals surface area contributed by atoms with Crippen molar-refractivity contribution in [2.75, 3.05) is 20.8 Å². The van der Waals surface area contributed by atoms with Gasteiger partial charge in [0.1, 0.15) is 24.1 Å². The molecule has 1 heterocycles. The van der Waals surface area contributed by atoms with Crippen LogP contribution in [0.3, 0.4) is 0 Å². The molecule has 0 radical (unpaired) electrons. The van der Waals surface area contributed by atoms with Crippen molar-refractivity contribution in [3.05, 3.63) is 58.6 Å². The molecule has 1 aliphatic carbocycles. The number of likely N-dealkylation sites (tertiary alicyclic amines) is 1. The van der Waals surface area contributed by atoms with Crippen molar-refractivity contribution in [2.45, 2.75) is 50.3 Å². The van der Waals surface area contributed by atoms with Crippen molar-refractivity contribution in [1.82, 2.24) is 0 Å². The van der Waals surface area contributed by atoms with Gasteiger partial charge in [0.25, 0.3) is 0 Å². The van der Waals surface area contributed by atoms with E-state index in [0.29, 0.717) is 0 Å². The first-order valence-corrected chi connectivity index (χ1v) is 11.0. The molecule has 0 bridgehead atoms. The lowest BCUT2D eigenvalue weighted by molar-refractivity contribution is -0.958. The Labute approximate surface area is 178 Å². The standard InChI is InChI=1S/C24H30ClNO3/c1-28-18-10-11-22(29-2)19(15-18)23-20-8-5-6-12-24(20,27)13-14-26(23)16-17-7-3-4-9-21(17)25/h3-4,7,9-11,15,20,23,27H,5-6,8,12-14,16H2,1-2H3/p+1/t20-,23+,24-/m0/s1. The predicted octanol–water partition coefficient (Wildman–Crippen LogP) is 3.81. The summed E-state index contributed by atoms with van der Waals surface area (Å²) in [5.41, 5.74) is 1.68. The number of ether oxygens (including phenoxy) is 2. The van der Waals surface area contributed by atoms with Crippen molar-refractivity contribution in [2.24, 2.45) is 5.92 Å². The fourth-order valence-corrected chi connectivity index (χ4v) is 5.66. The zero-order chi connectivity index (χ0) is 20.4. The van der Waals surface area contributed by atoms with Gasteiger partial charge < -0.3 is 19.5 Å². The van der Waals surface area contributed by atoms with E-state index in [1.807, 2.05) is 30.3 Å². The molecular weight excluding hydrogens is 386 g/mol. The molecular formula is C24H31ClNO3+. The van der Waals surface area contributed by atoms with Gasteiger partial charge in [-0.25, -0.2) is 0 Å². The Bertz CT molecular complexity index is 858. The van der Waals surface area contributed by atoms with Gasteiger partial charge in [0, 0.05) is 22.9 Å². The third-order valence-electron chi connectivity index (χ3n) is 6.93. The lowest BCUT2D eigenvalue weighted by Gasteiger charge is -2.50. The summed E-state index contributed by atoms with van der Waals surface area (Å²) in [7, 11) is 3.41. The van der Waals surface area contributed by atoms with Crippen molar-refractivity contribution in [1.29, 1.82) is 0 Å². The third kappa shape index (κ3) is 3.98. The van der Waals surface area contributed by atoms with Gasteiger partial charge in [0.05, 0.1) is 31.9 Å². The monoisotopic (exact) mass is 416 g/mol. The van der Waals surface area contributed by atoms with Crippen LogP contribution in [0.25, 0.3) is 0 Å². The van der Waals surface area contributed by atoms with Gasteiger partial charge in [0.15, 0.2) is 0 Å². The van der Waals surface area contributed by atoms with E-state index < -0.39 is 5.60 Å². The molecule has 4 atom stereocenters. The summed E-state index contributed by atoms with van der Waals surface area (Å²) in [6.07, 6.45) is 5.03. The molecule has 1 saturated heterocycles. The molecule has 4 nitrogen and oxygen atoms in total. The van der Waals surface area contributed by atoms with E-state index in [0.717, 1.165) is 72.8 Å². The number of methoxy groups -OCH3 is 2. The van der Waals surface area contributed by atoms with E-state index in [4.69, 9.17) is 21.1 Å². The molecule has 0 aromatic heterocycles. The highest BCUT2D eigenvalue weighted by molar-refractivity contribution is 6.31. The molecule has 29 heavy (non-hydrogen) atoms. The highest BCUT2D eigenvalue weighted by atomic mass is 35.5. The number of hydrogen-bond acceptors (Lipinski definition) is 3. The van der Waals surface area contributed by atoms with E-state index in [9.17, 15) is 5.11 Å². The second-order valence-electron chi connectivity index (χ2n) is 8.47. The number of quaternary nitrogens is 1. The minimum atomic E-state index is -0.596. The number of piperidine rings is 1. The number of rotatable bonds is 5. The summed E-state index contributed by atoms with van der Waals surface area (Å²) in [5, 5.41) is 12.3. The van der Waals surface area contributed by atoms with Gasteiger partial charge in [-0.05, 0) is 37.1 Å². The number of hydrogen-bond donors (Lipinski definition) is 2. The molecule has 1 unspecified atom stereocenters. The Balaban J connectivity index is 1.78. The second kappa shape index (κ2) is 8.55. The van der Waals surface area contributed by atoms with Crippen LogP contribution in [-0.4, -0.2) is 31.5 Å². The molecule has 2 fully saturated rings. The van der Waals surface area contributed by atoms with Gasteiger partial charge in [-0.3, -0.25) is 0 Å². The Morgan fingerprint density at radius 3 is 2.69 bits per heavy atom. The van der Waals surface area contributed by atoms with Crippen LogP contribution in [0.5, 0.6) is 11.5 Å². The topological polar surface area (TPSA) is 43.1 Å². The van der Waals surface area contributed by atoms with Gasteiger partial charge in [-0.15, -0.1) is 0 Å². The van der Waals surface area contributed by atoms with Crippen molar-refractivity contribution < 1.29 is 19.5 Å². The summed E-state index contributed by atoms with van der Waals surface area (Å²) in [5.74, 6) is 1.88. The molecule has 4 rings (SSSR count). The average Bonchev–Trinajstić information content (AvgIpc) is 2.74. The molecule has 2 N–H and O–H groups in total. The zero-order valence-corrected chi connectivity index (χ0v) is 18.0. The lowest BCUT2D eigenvalue weighted by atomic mass is 9.66. The van der Waals surface area contributed by atoms with Crippen molar-refractivity contribution >= 4 is 11.6 Å². The molecule has 0 spiro atoms. The van der Waals surface area contributed by atoms with Crippen molar-refractivity contribution in [3.63, 3.8) is 0 Å². The first-order chi connectivity index (χ1) is 14.1. The maximum absolute atomic E-state index is 11.5. The normalized spacial score (nSPS) is 29.2. The van der Waals surface area contributed by atoms with Gasteiger partial charge in [-0.1, -0.05) is 42.6 Å². The molecule has 5 heteroatoms. The maximum Gasteiger partial charge on any atom is 0.128 e. The van der Waals surface area contributed by atoms with Crippen LogP contribution in [0, 0.1) is 5.92 Å². The summed E-state index contributed by atoms with van der Waals surface area (Å²) in [6.45, 7) is 1.74. The molecule has 2 aromatic rings. The SMILES string of the molecule is COc1ccc(OC)c([C@@H]2[C@@H]3CCCC[C@]3(O)CC[NH+]2Cc2ccccc2Cl)c1. The molecule has 156 valence electrons. The molecule has 2 aliphatic rings. The summed E-state index contributed by atoms with van der Waals surface area (Å²) >= 11 is 6.50. The summed E-state index contributed by atoms with van der Waals surface area (Å²) < 4.78 is 11.3. The van der Waals surface area contributed by atoms with E-state index in [-0.39, 0.29) is 12.0 Å². The highest BCUT2D eigenvalue weighted by Crippen LogP contribution is 2.46. The number of fused-ring (bicyclic) bond motifs is 1. The summed E-state index contributed by atoms with van der Waals surface area (Å²) in [6, 6.07) is 14.2. The van der Waals surface area contributed by atoms with Crippen LogP contribution in [0.2, 0.25) is 5.02 Å². The Kier molecular flexibility index (Phi) is 6.05. The first kappa shape index (κ1) is 20.5. The van der Waals surface area contributed by atoms with Crippen LogP contribution in [-0.2, 0) is 6.54 Å². The van der Waals surface area contributed by atoms with Crippen LogP contribution in [0.4, 0.5) is 0 Å². The molecule has 0 amide bonds. The minimum Gasteiger partial charge on any atom is -0.497 e. The van der Waals surface area contributed by atoms with E-state index >= 15 is 0 Å². The van der Waals surface area contributed by atoms with E-state index in [2.05, 4.69) is 12.1 Å². The second-order valence-corrected chi connectivity index (χ2v) is 8.88. The van der Waals surface area contributed by atoms with Crippen molar-refractivity contribution in [3.8, 4) is 11.5 Å². The molecule has 1 saturated carbocycles. The maximum atomic E-state index is 11.5. The average molecular weight is 417 g/mol. The smallest absolute Gasteiger partial charge is 0.128 e. The van der Waals surface area contributed by atoms with E-state index in [1.54, 1.807) is 14.2 Å². The van der Waals surface area contributed by atoms with Gasteiger partial charge >= 0.3 is 0 Å². The quantitative estimate of drug-likeness (QED) is 0.778. The first-order valence-electron chi connectivity index (χ1n) is 10.6. The third-order valence-corrected chi connectivity index (χ3v) is 7.30. The molecule has 1 aliphatic heterocycles. The van der Waals surface area contributed by atoms with E-state index in [1.165, 1.54) is 4.90 Å². The summed E-state index contributed by atoms with van der Waals surface area (Å²) in [4.78, 5) is 1.43. The molecule has 2 aromatic carbocycles.